The molecule has 1 rings (SSSR count). The van der Waals surface area contributed by atoms with Crippen molar-refractivity contribution in [2.45, 2.75) is 13.3 Å². The number of likely N-dealkylation sites (tertiary alicyclic amines) is 1. The number of hydrogen-bond acceptors (Lipinski definition) is 5. The van der Waals surface area contributed by atoms with Crippen molar-refractivity contribution in [2.24, 2.45) is 16.8 Å². The molecule has 1 fully saturated rings. The Morgan fingerprint density at radius 2 is 2.00 bits per heavy atom. The topological polar surface area (TPSA) is 72.4 Å². The highest BCUT2D eigenvalue weighted by atomic mass is 127. The molecular formula is C15H30IN3O4. The number of esters is 1. The van der Waals surface area contributed by atoms with E-state index < -0.39 is 0 Å². The molecule has 7 nitrogen and oxygen atoms in total. The summed E-state index contributed by atoms with van der Waals surface area (Å²) in [4.78, 5) is 18.1. The number of guanidine groups is 1. The minimum atomic E-state index is -0.142. The fourth-order valence-electron chi connectivity index (χ4n) is 2.55. The largest absolute Gasteiger partial charge is 0.469 e. The molecule has 1 aliphatic rings. The Kier molecular flexibility index (Phi) is 12.4. The van der Waals surface area contributed by atoms with Crippen molar-refractivity contribution in [3.05, 3.63) is 0 Å². The summed E-state index contributed by atoms with van der Waals surface area (Å²) < 4.78 is 15.2. The number of carbonyl (C=O) groups is 1. The zero-order valence-electron chi connectivity index (χ0n) is 14.5. The van der Waals surface area contributed by atoms with E-state index in [1.165, 1.54) is 7.11 Å². The maximum atomic E-state index is 11.7. The predicted octanol–water partition coefficient (Wildman–Crippen LogP) is 0.974. The van der Waals surface area contributed by atoms with Crippen LogP contribution in [0, 0.1) is 11.8 Å². The molecule has 23 heavy (non-hydrogen) atoms. The summed E-state index contributed by atoms with van der Waals surface area (Å²) >= 11 is 0. The third kappa shape index (κ3) is 7.67. The second-order valence-electron chi connectivity index (χ2n) is 5.44. The van der Waals surface area contributed by atoms with E-state index in [9.17, 15) is 4.79 Å². The lowest BCUT2D eigenvalue weighted by Crippen LogP contribution is -2.41. The van der Waals surface area contributed by atoms with Crippen molar-refractivity contribution in [1.82, 2.24) is 10.2 Å². The van der Waals surface area contributed by atoms with Gasteiger partial charge in [0.25, 0.3) is 0 Å². The van der Waals surface area contributed by atoms with E-state index in [0.717, 1.165) is 25.5 Å². The van der Waals surface area contributed by atoms with E-state index in [1.54, 1.807) is 14.2 Å². The lowest BCUT2D eigenvalue weighted by molar-refractivity contribution is -0.145. The fraction of sp³-hybridized carbons (Fsp3) is 0.867. The van der Waals surface area contributed by atoms with Crippen LogP contribution in [0.25, 0.3) is 0 Å². The quantitative estimate of drug-likeness (QED) is 0.198. The van der Waals surface area contributed by atoms with Gasteiger partial charge in [-0.1, -0.05) is 6.92 Å². The van der Waals surface area contributed by atoms with Crippen LogP contribution in [0.1, 0.15) is 13.3 Å². The van der Waals surface area contributed by atoms with Crippen molar-refractivity contribution in [3.8, 4) is 0 Å². The van der Waals surface area contributed by atoms with Crippen molar-refractivity contribution in [3.63, 3.8) is 0 Å². The first-order valence-electron chi connectivity index (χ1n) is 7.74. The number of nitrogens with one attached hydrogen (secondary N) is 1. The van der Waals surface area contributed by atoms with Gasteiger partial charge >= 0.3 is 5.97 Å². The first-order chi connectivity index (χ1) is 10.6. The van der Waals surface area contributed by atoms with Gasteiger partial charge < -0.3 is 24.4 Å². The van der Waals surface area contributed by atoms with Crippen LogP contribution in [0.2, 0.25) is 0 Å². The molecule has 1 aliphatic heterocycles. The summed E-state index contributed by atoms with van der Waals surface area (Å²) in [6.07, 6.45) is 0.895. The zero-order valence-corrected chi connectivity index (χ0v) is 16.9. The van der Waals surface area contributed by atoms with Gasteiger partial charge in [0.1, 0.15) is 0 Å². The predicted molar refractivity (Wildman–Crippen MR) is 100 cm³/mol. The van der Waals surface area contributed by atoms with E-state index in [4.69, 9.17) is 14.2 Å². The summed E-state index contributed by atoms with van der Waals surface area (Å²) in [5.41, 5.74) is 0. The third-order valence-electron chi connectivity index (χ3n) is 3.81. The highest BCUT2D eigenvalue weighted by Crippen LogP contribution is 2.23. The van der Waals surface area contributed by atoms with Gasteiger partial charge in [0, 0.05) is 40.4 Å². The molecule has 2 atom stereocenters. The third-order valence-corrected chi connectivity index (χ3v) is 3.81. The summed E-state index contributed by atoms with van der Waals surface area (Å²) in [7, 11) is 4.86. The maximum Gasteiger partial charge on any atom is 0.310 e. The van der Waals surface area contributed by atoms with E-state index >= 15 is 0 Å². The van der Waals surface area contributed by atoms with Crippen LogP contribution in [-0.2, 0) is 19.0 Å². The Balaban J connectivity index is 0.00000484. The number of halogens is 1. The standard InChI is InChI=1S/C15H29N3O4.HI/c1-12-10-18(11-13(12)14(19)21-4)15(16-2)17-6-5-7-22-9-8-20-3;/h12-13H,5-11H2,1-4H3,(H,16,17);1H. The second-order valence-corrected chi connectivity index (χ2v) is 5.44. The average molecular weight is 443 g/mol. The van der Waals surface area contributed by atoms with E-state index in [-0.39, 0.29) is 41.8 Å². The number of aliphatic imine (C=N–C) groups is 1. The summed E-state index contributed by atoms with van der Waals surface area (Å²) in [5.74, 6) is 0.872. The molecule has 1 saturated heterocycles. The van der Waals surface area contributed by atoms with Gasteiger partial charge in [0.05, 0.1) is 26.2 Å². The number of hydrogen-bond donors (Lipinski definition) is 1. The molecule has 0 aromatic carbocycles. The summed E-state index contributed by atoms with van der Waals surface area (Å²) in [6, 6.07) is 0. The molecule has 0 aromatic rings. The minimum Gasteiger partial charge on any atom is -0.469 e. The van der Waals surface area contributed by atoms with Crippen LogP contribution in [0.15, 0.2) is 4.99 Å². The maximum absolute atomic E-state index is 11.7. The van der Waals surface area contributed by atoms with Gasteiger partial charge in [-0.05, 0) is 12.3 Å². The van der Waals surface area contributed by atoms with E-state index in [1.807, 2.05) is 0 Å². The number of rotatable bonds is 8. The lowest BCUT2D eigenvalue weighted by Gasteiger charge is -2.21. The molecule has 0 aliphatic carbocycles. The van der Waals surface area contributed by atoms with Gasteiger partial charge in [-0.2, -0.15) is 0 Å². The van der Waals surface area contributed by atoms with Gasteiger partial charge in [-0.25, -0.2) is 0 Å². The molecule has 1 heterocycles. The first-order valence-corrected chi connectivity index (χ1v) is 7.74. The molecule has 0 bridgehead atoms. The van der Waals surface area contributed by atoms with Crippen LogP contribution in [-0.4, -0.2) is 77.6 Å². The first kappa shape index (κ1) is 22.4. The molecule has 0 saturated carbocycles. The minimum absolute atomic E-state index is 0. The average Bonchev–Trinajstić information content (AvgIpc) is 2.91. The Morgan fingerprint density at radius 3 is 2.61 bits per heavy atom. The molecule has 8 heteroatoms. The molecular weight excluding hydrogens is 413 g/mol. The highest BCUT2D eigenvalue weighted by molar-refractivity contribution is 14.0. The van der Waals surface area contributed by atoms with Crippen LogP contribution >= 0.6 is 24.0 Å². The van der Waals surface area contributed by atoms with Crippen LogP contribution in [0.4, 0.5) is 0 Å². The Hall–Kier alpha value is -0.610. The summed E-state index contributed by atoms with van der Waals surface area (Å²) in [5, 5.41) is 3.31. The van der Waals surface area contributed by atoms with Crippen molar-refractivity contribution in [1.29, 1.82) is 0 Å². The molecule has 0 spiro atoms. The highest BCUT2D eigenvalue weighted by Gasteiger charge is 2.36. The van der Waals surface area contributed by atoms with Crippen LogP contribution in [0.5, 0.6) is 0 Å². The number of nitrogens with zero attached hydrogens (tertiary/aromatic N) is 2. The Labute approximate surface area is 156 Å². The van der Waals surface area contributed by atoms with Crippen LogP contribution < -0.4 is 5.32 Å². The molecule has 136 valence electrons. The van der Waals surface area contributed by atoms with Gasteiger partial charge in [-0.3, -0.25) is 9.79 Å². The number of methoxy groups -OCH3 is 2. The van der Waals surface area contributed by atoms with Gasteiger partial charge in [0.15, 0.2) is 5.96 Å². The van der Waals surface area contributed by atoms with Crippen molar-refractivity contribution < 1.29 is 19.0 Å². The molecule has 0 amide bonds. The monoisotopic (exact) mass is 443 g/mol. The van der Waals surface area contributed by atoms with Gasteiger partial charge in [-0.15, -0.1) is 24.0 Å². The molecule has 2 unspecified atom stereocenters. The molecule has 0 aromatic heterocycles. The summed E-state index contributed by atoms with van der Waals surface area (Å²) in [6.45, 7) is 6.24. The SMILES string of the molecule is CN=C(NCCCOCCOC)N1CC(C)C(C(=O)OC)C1.I. The number of carbonyl (C=O) groups excluding carboxylic acids is 1. The normalized spacial score (nSPS) is 21.0. The smallest absolute Gasteiger partial charge is 0.310 e. The van der Waals surface area contributed by atoms with Crippen molar-refractivity contribution in [2.75, 3.05) is 60.7 Å². The van der Waals surface area contributed by atoms with Crippen molar-refractivity contribution >= 4 is 35.9 Å². The van der Waals surface area contributed by atoms with E-state index in [2.05, 4.69) is 22.1 Å². The Morgan fingerprint density at radius 1 is 1.26 bits per heavy atom. The fourth-order valence-corrected chi connectivity index (χ4v) is 2.55. The van der Waals surface area contributed by atoms with Crippen LogP contribution in [0.3, 0.4) is 0 Å². The lowest BCUT2D eigenvalue weighted by atomic mass is 9.99. The molecule has 0 radical (unpaired) electrons. The molecule has 1 N–H and O–H groups in total. The second kappa shape index (κ2) is 12.8. The Bertz CT molecular complexity index is 369. The van der Waals surface area contributed by atoms with Gasteiger partial charge in [0.2, 0.25) is 0 Å². The zero-order chi connectivity index (χ0) is 16.4. The number of ether oxygens (including phenoxy) is 3. The van der Waals surface area contributed by atoms with E-state index in [0.29, 0.717) is 26.4 Å².